The summed E-state index contributed by atoms with van der Waals surface area (Å²) < 4.78 is 18.2. The van der Waals surface area contributed by atoms with Crippen molar-refractivity contribution in [3.05, 3.63) is 101 Å². The van der Waals surface area contributed by atoms with Crippen molar-refractivity contribution in [2.45, 2.75) is 26.2 Å². The quantitative estimate of drug-likeness (QED) is 0.268. The van der Waals surface area contributed by atoms with Crippen LogP contribution in [-0.2, 0) is 26.2 Å². The van der Waals surface area contributed by atoms with E-state index in [1.165, 1.54) is 21.9 Å². The standard InChI is InChI=1S/C31H28N6O3/c1-38-25-12-11-20(14-27(25)39-2)15-32-31-33-16-24(30-34-29(35-37(30)31)26-10-5-13-40-26)19-36-17-22-8-3-6-21-7-4-9-23(18-36)28(21)22/h3-14,16H,15,17-19H2,1-2H3,(H,32,33). The SMILES string of the molecule is COc1ccc(CNc2ncc(CN3Cc4cccc5cccc(c45)C3)c3nc(-c4ccco4)nn23)cc1OC. The second kappa shape index (κ2) is 10.0. The van der Waals surface area contributed by atoms with Crippen LogP contribution in [0.1, 0.15) is 22.3 Å². The molecule has 1 N–H and O–H groups in total. The van der Waals surface area contributed by atoms with Crippen LogP contribution in [-0.4, -0.2) is 38.7 Å². The lowest BCUT2D eigenvalue weighted by Crippen LogP contribution is -2.26. The summed E-state index contributed by atoms with van der Waals surface area (Å²) in [5.41, 5.74) is 5.44. The van der Waals surface area contributed by atoms with Crippen LogP contribution in [0, 0.1) is 0 Å². The number of nitrogens with zero attached hydrogens (tertiary/aromatic N) is 5. The number of anilines is 1. The topological polar surface area (TPSA) is 90.0 Å². The predicted octanol–water partition coefficient (Wildman–Crippen LogP) is 5.68. The smallest absolute Gasteiger partial charge is 0.226 e. The van der Waals surface area contributed by atoms with E-state index in [2.05, 4.69) is 46.6 Å². The van der Waals surface area contributed by atoms with Gasteiger partial charge in [-0.25, -0.2) is 9.97 Å². The van der Waals surface area contributed by atoms with Crippen molar-refractivity contribution in [3.63, 3.8) is 0 Å². The van der Waals surface area contributed by atoms with Gasteiger partial charge in [-0.3, -0.25) is 4.90 Å². The Morgan fingerprint density at radius 1 is 0.925 bits per heavy atom. The van der Waals surface area contributed by atoms with E-state index in [4.69, 9.17) is 29.0 Å². The van der Waals surface area contributed by atoms with E-state index in [1.807, 2.05) is 36.5 Å². The molecule has 0 unspecified atom stereocenters. The molecule has 9 heteroatoms. The summed E-state index contributed by atoms with van der Waals surface area (Å²) in [6, 6.07) is 22.6. The normalized spacial score (nSPS) is 13.2. The van der Waals surface area contributed by atoms with E-state index in [-0.39, 0.29) is 0 Å². The monoisotopic (exact) mass is 532 g/mol. The van der Waals surface area contributed by atoms with Crippen LogP contribution in [0.25, 0.3) is 28.0 Å². The van der Waals surface area contributed by atoms with Gasteiger partial charge in [-0.2, -0.15) is 4.52 Å². The molecule has 0 aliphatic carbocycles. The molecule has 0 spiro atoms. The Labute approximate surface area is 231 Å². The first-order valence-corrected chi connectivity index (χ1v) is 13.2. The largest absolute Gasteiger partial charge is 0.493 e. The van der Waals surface area contributed by atoms with E-state index in [9.17, 15) is 0 Å². The van der Waals surface area contributed by atoms with Crippen LogP contribution in [0.5, 0.6) is 11.5 Å². The highest BCUT2D eigenvalue weighted by Crippen LogP contribution is 2.32. The van der Waals surface area contributed by atoms with E-state index in [0.717, 1.165) is 29.9 Å². The van der Waals surface area contributed by atoms with Crippen molar-refractivity contribution in [2.75, 3.05) is 19.5 Å². The number of methoxy groups -OCH3 is 2. The predicted molar refractivity (Wildman–Crippen MR) is 152 cm³/mol. The minimum Gasteiger partial charge on any atom is -0.493 e. The summed E-state index contributed by atoms with van der Waals surface area (Å²) in [7, 11) is 3.26. The molecule has 0 saturated heterocycles. The zero-order valence-electron chi connectivity index (χ0n) is 22.3. The number of fused-ring (bicyclic) bond motifs is 1. The fourth-order valence-electron chi connectivity index (χ4n) is 5.49. The van der Waals surface area contributed by atoms with Gasteiger partial charge in [-0.1, -0.05) is 42.5 Å². The van der Waals surface area contributed by atoms with Gasteiger partial charge < -0.3 is 19.2 Å². The van der Waals surface area contributed by atoms with Gasteiger partial charge in [-0.15, -0.1) is 5.10 Å². The molecular weight excluding hydrogens is 504 g/mol. The van der Waals surface area contributed by atoms with Crippen molar-refractivity contribution in [2.24, 2.45) is 0 Å². The molecule has 9 nitrogen and oxygen atoms in total. The molecule has 40 heavy (non-hydrogen) atoms. The molecule has 0 bridgehead atoms. The summed E-state index contributed by atoms with van der Waals surface area (Å²) in [6.07, 6.45) is 3.52. The summed E-state index contributed by atoms with van der Waals surface area (Å²) in [5.74, 6) is 3.08. The molecule has 0 saturated carbocycles. The lowest BCUT2D eigenvalue weighted by molar-refractivity contribution is 0.244. The first kappa shape index (κ1) is 24.2. The molecule has 0 amide bonds. The Balaban J connectivity index is 1.21. The number of furan rings is 1. The van der Waals surface area contributed by atoms with Gasteiger partial charge in [0, 0.05) is 37.9 Å². The number of nitrogens with one attached hydrogen (secondary N) is 1. The lowest BCUT2D eigenvalue weighted by Gasteiger charge is -2.29. The highest BCUT2D eigenvalue weighted by molar-refractivity contribution is 5.89. The average molecular weight is 533 g/mol. The Hall–Kier alpha value is -4.89. The van der Waals surface area contributed by atoms with Crippen LogP contribution in [0.4, 0.5) is 5.95 Å². The molecule has 200 valence electrons. The maximum absolute atomic E-state index is 5.61. The average Bonchev–Trinajstić information content (AvgIpc) is 3.68. The lowest BCUT2D eigenvalue weighted by atomic mass is 9.95. The van der Waals surface area contributed by atoms with Crippen LogP contribution < -0.4 is 14.8 Å². The van der Waals surface area contributed by atoms with E-state index >= 15 is 0 Å². The van der Waals surface area contributed by atoms with Crippen molar-refractivity contribution >= 4 is 22.4 Å². The number of aromatic nitrogens is 4. The second-order valence-corrected chi connectivity index (χ2v) is 9.88. The Bertz CT molecular complexity index is 1790. The summed E-state index contributed by atoms with van der Waals surface area (Å²) in [4.78, 5) is 12.1. The van der Waals surface area contributed by atoms with Gasteiger partial charge in [0.15, 0.2) is 22.9 Å². The minimum atomic E-state index is 0.516. The Kier molecular flexibility index (Phi) is 6.05. The second-order valence-electron chi connectivity index (χ2n) is 9.88. The highest BCUT2D eigenvalue weighted by Gasteiger charge is 2.22. The van der Waals surface area contributed by atoms with Crippen LogP contribution in [0.2, 0.25) is 0 Å². The van der Waals surface area contributed by atoms with Gasteiger partial charge in [0.25, 0.3) is 0 Å². The molecule has 7 rings (SSSR count). The van der Waals surface area contributed by atoms with Gasteiger partial charge >= 0.3 is 0 Å². The number of hydrogen-bond donors (Lipinski definition) is 1. The van der Waals surface area contributed by atoms with Crippen molar-refractivity contribution in [3.8, 4) is 23.1 Å². The van der Waals surface area contributed by atoms with Crippen LogP contribution in [0.3, 0.4) is 0 Å². The van der Waals surface area contributed by atoms with Crippen molar-refractivity contribution in [1.82, 2.24) is 24.5 Å². The maximum atomic E-state index is 5.61. The van der Waals surface area contributed by atoms with Gasteiger partial charge in [0.1, 0.15) is 0 Å². The fourth-order valence-corrected chi connectivity index (χ4v) is 5.49. The Morgan fingerprint density at radius 2 is 1.73 bits per heavy atom. The van der Waals surface area contributed by atoms with E-state index < -0.39 is 0 Å². The van der Waals surface area contributed by atoms with Gasteiger partial charge in [0.2, 0.25) is 11.8 Å². The zero-order chi connectivity index (χ0) is 27.1. The zero-order valence-corrected chi connectivity index (χ0v) is 22.3. The molecule has 3 aromatic heterocycles. The van der Waals surface area contributed by atoms with E-state index in [0.29, 0.717) is 42.1 Å². The molecular formula is C31H28N6O3. The van der Waals surface area contributed by atoms with Gasteiger partial charge in [-0.05, 0) is 51.7 Å². The molecule has 1 aliphatic rings. The number of hydrogen-bond acceptors (Lipinski definition) is 8. The number of rotatable bonds is 8. The minimum absolute atomic E-state index is 0.516. The first-order valence-electron chi connectivity index (χ1n) is 13.2. The fraction of sp³-hybridized carbons (Fsp3) is 0.194. The Morgan fingerprint density at radius 3 is 2.45 bits per heavy atom. The van der Waals surface area contributed by atoms with Crippen LogP contribution >= 0.6 is 0 Å². The summed E-state index contributed by atoms with van der Waals surface area (Å²) >= 11 is 0. The van der Waals surface area contributed by atoms with Gasteiger partial charge in [0.05, 0.1) is 20.5 Å². The summed E-state index contributed by atoms with van der Waals surface area (Å²) in [6.45, 7) is 2.93. The third-order valence-electron chi connectivity index (χ3n) is 7.34. The molecule has 0 fully saturated rings. The highest BCUT2D eigenvalue weighted by atomic mass is 16.5. The van der Waals surface area contributed by atoms with E-state index in [1.54, 1.807) is 25.0 Å². The maximum Gasteiger partial charge on any atom is 0.226 e. The number of ether oxygens (including phenoxy) is 2. The van der Waals surface area contributed by atoms with Crippen LogP contribution in [0.15, 0.2) is 83.6 Å². The molecule has 3 aromatic carbocycles. The molecule has 6 aromatic rings. The number of benzene rings is 3. The molecule has 1 aliphatic heterocycles. The van der Waals surface area contributed by atoms with Crippen molar-refractivity contribution in [1.29, 1.82) is 0 Å². The molecule has 4 heterocycles. The molecule has 0 radical (unpaired) electrons. The molecule has 0 atom stereocenters. The first-order chi connectivity index (χ1) is 19.7. The van der Waals surface area contributed by atoms with Crippen molar-refractivity contribution < 1.29 is 13.9 Å². The summed E-state index contributed by atoms with van der Waals surface area (Å²) in [5, 5.41) is 10.9. The third kappa shape index (κ3) is 4.30. The third-order valence-corrected chi connectivity index (χ3v) is 7.34.